The van der Waals surface area contributed by atoms with E-state index in [-0.39, 0.29) is 18.3 Å². The van der Waals surface area contributed by atoms with E-state index in [1.54, 1.807) is 7.11 Å². The summed E-state index contributed by atoms with van der Waals surface area (Å²) in [5.74, 6) is 0. The molecule has 1 aliphatic carbocycles. The van der Waals surface area contributed by atoms with Gasteiger partial charge in [0, 0.05) is 12.1 Å². The molecule has 0 amide bonds. The fraction of sp³-hybridized carbons (Fsp3) is 0.333. The molecule has 20 heavy (non-hydrogen) atoms. The summed E-state index contributed by atoms with van der Waals surface area (Å²) in [7, 11) is 1.28. The van der Waals surface area contributed by atoms with Crippen molar-refractivity contribution in [3.05, 3.63) is 53.1 Å². The lowest BCUT2D eigenvalue weighted by atomic mass is 9.75. The van der Waals surface area contributed by atoms with Crippen LogP contribution in [-0.2, 0) is 14.0 Å². The molecule has 1 aromatic carbocycles. The van der Waals surface area contributed by atoms with Crippen molar-refractivity contribution in [2.75, 3.05) is 7.11 Å². The number of allylic oxidation sites excluding steroid dienone is 2. The Morgan fingerprint density at radius 1 is 1.30 bits per heavy atom. The van der Waals surface area contributed by atoms with Crippen molar-refractivity contribution in [2.45, 2.75) is 25.2 Å². The van der Waals surface area contributed by atoms with Gasteiger partial charge >= 0.3 is 7.12 Å². The molecule has 1 saturated heterocycles. The van der Waals surface area contributed by atoms with E-state index < -0.39 is 7.12 Å². The van der Waals surface area contributed by atoms with Crippen LogP contribution in [0.4, 0.5) is 0 Å². The predicted molar refractivity (Wildman–Crippen MR) is 80.1 cm³/mol. The maximum atomic E-state index is 6.18. The maximum absolute atomic E-state index is 6.18. The minimum atomic E-state index is -0.413. The quantitative estimate of drug-likeness (QED) is 0.801. The third-order valence-corrected chi connectivity index (χ3v) is 4.06. The zero-order valence-corrected chi connectivity index (χ0v) is 12.2. The van der Waals surface area contributed by atoms with Crippen LogP contribution >= 0.6 is 11.6 Å². The Morgan fingerprint density at radius 3 is 2.85 bits per heavy atom. The van der Waals surface area contributed by atoms with Crippen LogP contribution in [0.5, 0.6) is 0 Å². The highest BCUT2D eigenvalue weighted by Crippen LogP contribution is 2.30. The summed E-state index contributed by atoms with van der Waals surface area (Å²) in [6.45, 7) is 2.01. The summed E-state index contributed by atoms with van der Waals surface area (Å²) in [5.41, 5.74) is 2.07. The molecular weight excluding hydrogens is 274 g/mol. The number of hydrogen-bond acceptors (Lipinski definition) is 3. The number of benzene rings is 1. The third-order valence-electron chi connectivity index (χ3n) is 3.72. The van der Waals surface area contributed by atoms with E-state index in [1.165, 1.54) is 0 Å². The summed E-state index contributed by atoms with van der Waals surface area (Å²) in [6, 6.07) is 8.01. The Labute approximate surface area is 124 Å². The number of hydrogen-bond donors (Lipinski definition) is 0. The van der Waals surface area contributed by atoms with Crippen LogP contribution in [0.3, 0.4) is 0 Å². The molecule has 1 fully saturated rings. The molecule has 0 radical (unpaired) electrons. The minimum Gasteiger partial charge on any atom is -0.398 e. The van der Waals surface area contributed by atoms with Crippen LogP contribution in [0.2, 0.25) is 0 Å². The molecule has 0 N–H and O–H groups in total. The highest BCUT2D eigenvalue weighted by atomic mass is 35.5. The minimum absolute atomic E-state index is 0.0115. The van der Waals surface area contributed by atoms with Gasteiger partial charge in [-0.3, -0.25) is 0 Å². The SMILES string of the molecule is CO[C@@H](C)c1ccccc1B1O[C@H]2C=CC=C(Cl)[C@H]2O1. The van der Waals surface area contributed by atoms with E-state index in [0.29, 0.717) is 5.03 Å². The van der Waals surface area contributed by atoms with E-state index in [9.17, 15) is 0 Å². The van der Waals surface area contributed by atoms with Crippen molar-refractivity contribution in [3.63, 3.8) is 0 Å². The fourth-order valence-electron chi connectivity index (χ4n) is 2.55. The molecule has 0 unspecified atom stereocenters. The smallest absolute Gasteiger partial charge is 0.398 e. The average Bonchev–Trinajstić information content (AvgIpc) is 2.92. The molecule has 1 heterocycles. The van der Waals surface area contributed by atoms with Crippen LogP contribution in [0.25, 0.3) is 0 Å². The number of halogens is 1. The van der Waals surface area contributed by atoms with Gasteiger partial charge in [-0.2, -0.15) is 0 Å². The molecule has 2 aliphatic rings. The molecule has 0 spiro atoms. The van der Waals surface area contributed by atoms with Crippen molar-refractivity contribution < 1.29 is 14.0 Å². The summed E-state index contributed by atoms with van der Waals surface area (Å²) in [5, 5.41) is 0.678. The van der Waals surface area contributed by atoms with Gasteiger partial charge in [0.15, 0.2) is 0 Å². The fourth-order valence-corrected chi connectivity index (χ4v) is 2.79. The van der Waals surface area contributed by atoms with Crippen LogP contribution in [0.15, 0.2) is 47.5 Å². The molecule has 0 aromatic heterocycles. The second-order valence-electron chi connectivity index (χ2n) is 4.93. The Kier molecular flexibility index (Phi) is 3.99. The lowest BCUT2D eigenvalue weighted by molar-refractivity contribution is 0.120. The van der Waals surface area contributed by atoms with Crippen LogP contribution in [-0.4, -0.2) is 26.4 Å². The van der Waals surface area contributed by atoms with E-state index in [2.05, 4.69) is 0 Å². The first-order valence-corrected chi connectivity index (χ1v) is 7.05. The van der Waals surface area contributed by atoms with Crippen LogP contribution in [0, 0.1) is 0 Å². The highest BCUT2D eigenvalue weighted by Gasteiger charge is 2.43. The van der Waals surface area contributed by atoms with Crippen LogP contribution < -0.4 is 5.46 Å². The molecule has 3 rings (SSSR count). The van der Waals surface area contributed by atoms with Gasteiger partial charge in [-0.05, 0) is 24.0 Å². The van der Waals surface area contributed by atoms with Gasteiger partial charge in [0.2, 0.25) is 0 Å². The standard InChI is InChI=1S/C15H16BClO3/c1-10(18-2)11-6-3-4-7-12(11)16-19-14-9-5-8-13(17)15(14)20-16/h3-10,14-15H,1-2H3/t10-,14-,15+/m0/s1. The molecule has 3 nitrogen and oxygen atoms in total. The van der Waals surface area contributed by atoms with Gasteiger partial charge in [-0.1, -0.05) is 48.0 Å². The van der Waals surface area contributed by atoms with Gasteiger partial charge in [0.25, 0.3) is 0 Å². The molecule has 1 aliphatic heterocycles. The number of ether oxygens (including phenoxy) is 1. The second kappa shape index (κ2) is 5.74. The summed E-state index contributed by atoms with van der Waals surface area (Å²) >= 11 is 6.18. The highest BCUT2D eigenvalue weighted by molar-refractivity contribution is 6.62. The van der Waals surface area contributed by atoms with E-state index >= 15 is 0 Å². The summed E-state index contributed by atoms with van der Waals surface area (Å²) in [4.78, 5) is 0. The van der Waals surface area contributed by atoms with Gasteiger partial charge in [-0.15, -0.1) is 0 Å². The largest absolute Gasteiger partial charge is 0.495 e. The van der Waals surface area contributed by atoms with Gasteiger partial charge in [0.05, 0.1) is 12.2 Å². The van der Waals surface area contributed by atoms with Crippen molar-refractivity contribution in [1.82, 2.24) is 0 Å². The zero-order chi connectivity index (χ0) is 14.1. The van der Waals surface area contributed by atoms with E-state index in [1.807, 2.05) is 49.4 Å². The Hall–Kier alpha value is -1.07. The molecule has 3 atom stereocenters. The molecule has 104 valence electrons. The lowest BCUT2D eigenvalue weighted by Crippen LogP contribution is -2.36. The first-order valence-electron chi connectivity index (χ1n) is 6.67. The van der Waals surface area contributed by atoms with E-state index in [0.717, 1.165) is 11.0 Å². The summed E-state index contributed by atoms with van der Waals surface area (Å²) in [6.07, 6.45) is 5.37. The Balaban J connectivity index is 1.88. The zero-order valence-electron chi connectivity index (χ0n) is 11.5. The number of fused-ring (bicyclic) bond motifs is 1. The molecule has 5 heteroatoms. The predicted octanol–water partition coefficient (Wildman–Crippen LogP) is 2.57. The maximum Gasteiger partial charge on any atom is 0.495 e. The van der Waals surface area contributed by atoms with Crippen molar-refractivity contribution in [3.8, 4) is 0 Å². The number of rotatable bonds is 3. The molecule has 0 bridgehead atoms. The van der Waals surface area contributed by atoms with Crippen molar-refractivity contribution in [2.24, 2.45) is 0 Å². The Morgan fingerprint density at radius 2 is 2.10 bits per heavy atom. The normalized spacial score (nSPS) is 26.4. The van der Waals surface area contributed by atoms with E-state index in [4.69, 9.17) is 25.6 Å². The monoisotopic (exact) mass is 290 g/mol. The van der Waals surface area contributed by atoms with Gasteiger partial charge < -0.3 is 14.0 Å². The number of methoxy groups -OCH3 is 1. The van der Waals surface area contributed by atoms with Gasteiger partial charge in [0.1, 0.15) is 6.10 Å². The average molecular weight is 291 g/mol. The lowest BCUT2D eigenvalue weighted by Gasteiger charge is -2.17. The Bertz CT molecular complexity index is 558. The third kappa shape index (κ3) is 2.45. The molecule has 1 aromatic rings. The summed E-state index contributed by atoms with van der Waals surface area (Å²) < 4.78 is 17.4. The van der Waals surface area contributed by atoms with Crippen LogP contribution in [0.1, 0.15) is 18.6 Å². The second-order valence-corrected chi connectivity index (χ2v) is 5.37. The first kappa shape index (κ1) is 13.9. The first-order chi connectivity index (χ1) is 9.70. The topological polar surface area (TPSA) is 27.7 Å². The van der Waals surface area contributed by atoms with Crippen molar-refractivity contribution in [1.29, 1.82) is 0 Å². The van der Waals surface area contributed by atoms with Crippen molar-refractivity contribution >= 4 is 24.2 Å². The van der Waals surface area contributed by atoms with Gasteiger partial charge in [-0.25, -0.2) is 0 Å². The molecule has 0 saturated carbocycles. The molecular formula is C15H16BClO3.